The Morgan fingerprint density at radius 1 is 1.43 bits per heavy atom. The number of ether oxygens (including phenoxy) is 2. The molecular weight excluding hydrogens is 206 g/mol. The van der Waals surface area contributed by atoms with Crippen molar-refractivity contribution >= 4 is 23.0 Å². The average molecular weight is 221 g/mol. The number of carbonyl (C=O) groups is 2. The third kappa shape index (κ3) is 6.73. The van der Waals surface area contributed by atoms with Crippen LogP contribution in [-0.2, 0) is 14.3 Å². The summed E-state index contributed by atoms with van der Waals surface area (Å²) in [4.78, 5) is 21.8. The molecule has 0 amide bonds. The van der Waals surface area contributed by atoms with Crippen LogP contribution in [0.1, 0.15) is 20.3 Å². The van der Waals surface area contributed by atoms with Gasteiger partial charge in [-0.3, -0.25) is 4.79 Å². The van der Waals surface area contributed by atoms with Crippen molar-refractivity contribution in [2.24, 2.45) is 5.73 Å². The molecule has 0 aromatic rings. The molecule has 0 aromatic carbocycles. The summed E-state index contributed by atoms with van der Waals surface area (Å²) in [5.74, 6) is 0.0990. The maximum Gasteiger partial charge on any atom is 0.370 e. The van der Waals surface area contributed by atoms with Gasteiger partial charge in [0.15, 0.2) is 0 Å². The predicted molar refractivity (Wildman–Crippen MR) is 53.8 cm³/mol. The van der Waals surface area contributed by atoms with Gasteiger partial charge in [0.05, 0.1) is 0 Å². The van der Waals surface area contributed by atoms with Gasteiger partial charge in [0.2, 0.25) is 6.29 Å². The van der Waals surface area contributed by atoms with Gasteiger partial charge in [-0.1, -0.05) is 6.92 Å². The highest BCUT2D eigenvalue weighted by Gasteiger charge is 2.12. The first-order valence-electron chi connectivity index (χ1n) is 4.33. The van der Waals surface area contributed by atoms with E-state index in [1.807, 2.05) is 0 Å². The Morgan fingerprint density at radius 3 is 2.57 bits per heavy atom. The van der Waals surface area contributed by atoms with E-state index in [1.165, 1.54) is 6.92 Å². The zero-order valence-corrected chi connectivity index (χ0v) is 9.13. The molecule has 6 heteroatoms. The van der Waals surface area contributed by atoms with Gasteiger partial charge in [0.25, 0.3) is 0 Å². The molecule has 0 aliphatic rings. The lowest BCUT2D eigenvalue weighted by atomic mass is 10.5. The van der Waals surface area contributed by atoms with Crippen LogP contribution in [0.5, 0.6) is 0 Å². The molecule has 2 N–H and O–H groups in total. The number of hydrogen-bond donors (Lipinski definition) is 1. The van der Waals surface area contributed by atoms with E-state index in [4.69, 9.17) is 15.2 Å². The van der Waals surface area contributed by atoms with Gasteiger partial charge >= 0.3 is 11.3 Å². The molecule has 0 heterocycles. The minimum atomic E-state index is -0.833. The monoisotopic (exact) mass is 221 g/mol. The summed E-state index contributed by atoms with van der Waals surface area (Å²) in [6.45, 7) is 3.57. The largest absolute Gasteiger partial charge is 0.425 e. The second-order valence-electron chi connectivity index (χ2n) is 2.42. The van der Waals surface area contributed by atoms with Crippen molar-refractivity contribution in [1.82, 2.24) is 0 Å². The molecule has 0 aliphatic heterocycles. The molecule has 0 aliphatic carbocycles. The Bertz CT molecular complexity index is 198. The van der Waals surface area contributed by atoms with Crippen molar-refractivity contribution < 1.29 is 19.1 Å². The molecule has 1 atom stereocenters. The van der Waals surface area contributed by atoms with Gasteiger partial charge in [-0.15, -0.1) is 0 Å². The van der Waals surface area contributed by atoms with Crippen molar-refractivity contribution in [1.29, 1.82) is 0 Å². The molecule has 0 saturated carbocycles. The molecule has 14 heavy (non-hydrogen) atoms. The lowest BCUT2D eigenvalue weighted by Crippen LogP contribution is -2.19. The molecule has 0 spiro atoms. The zero-order valence-electron chi connectivity index (χ0n) is 8.32. The third-order valence-corrected chi connectivity index (χ3v) is 1.96. The first-order chi connectivity index (χ1) is 6.60. The molecule has 0 saturated heterocycles. The van der Waals surface area contributed by atoms with Crippen LogP contribution in [0.15, 0.2) is 0 Å². The fourth-order valence-corrected chi connectivity index (χ4v) is 1.09. The summed E-state index contributed by atoms with van der Waals surface area (Å²) in [6.07, 6.45) is -0.571. The Balaban J connectivity index is 3.65. The van der Waals surface area contributed by atoms with Crippen LogP contribution in [0.25, 0.3) is 0 Å². The fourth-order valence-electron chi connectivity index (χ4n) is 0.604. The summed E-state index contributed by atoms with van der Waals surface area (Å²) >= 11 is 0.962. The molecule has 5 nitrogen and oxygen atoms in total. The van der Waals surface area contributed by atoms with E-state index in [9.17, 15) is 9.59 Å². The molecule has 0 bridgehead atoms. The van der Waals surface area contributed by atoms with Gasteiger partial charge in [0, 0.05) is 25.6 Å². The van der Waals surface area contributed by atoms with Crippen LogP contribution >= 0.6 is 11.8 Å². The van der Waals surface area contributed by atoms with Crippen molar-refractivity contribution in [2.45, 2.75) is 26.6 Å². The van der Waals surface area contributed by atoms with E-state index in [-0.39, 0.29) is 6.42 Å². The molecule has 0 fully saturated rings. The number of thioether (sulfide) groups is 1. The minimum absolute atomic E-state index is 0.262. The SMILES string of the molecule is CCC(=O)O[C@@H](C)OC(=O)SCCN. The van der Waals surface area contributed by atoms with Crippen LogP contribution in [0.2, 0.25) is 0 Å². The smallest absolute Gasteiger partial charge is 0.370 e. The van der Waals surface area contributed by atoms with E-state index in [0.717, 1.165) is 11.8 Å². The van der Waals surface area contributed by atoms with Crippen LogP contribution in [0.4, 0.5) is 4.79 Å². The number of rotatable bonds is 5. The summed E-state index contributed by atoms with van der Waals surface area (Å²) in [6, 6.07) is 0. The van der Waals surface area contributed by atoms with Crippen molar-refractivity contribution in [2.75, 3.05) is 12.3 Å². The molecular formula is C8H15NO4S. The number of esters is 1. The fraction of sp³-hybridized carbons (Fsp3) is 0.750. The van der Waals surface area contributed by atoms with E-state index < -0.39 is 17.6 Å². The zero-order chi connectivity index (χ0) is 11.0. The number of nitrogens with two attached hydrogens (primary N) is 1. The van der Waals surface area contributed by atoms with Gasteiger partial charge in [-0.25, -0.2) is 4.79 Å². The second kappa shape index (κ2) is 7.64. The van der Waals surface area contributed by atoms with Crippen molar-refractivity contribution in [3.05, 3.63) is 0 Å². The van der Waals surface area contributed by atoms with Crippen LogP contribution in [-0.4, -0.2) is 29.9 Å². The number of carbonyl (C=O) groups excluding carboxylic acids is 2. The molecule has 0 radical (unpaired) electrons. The summed E-state index contributed by atoms with van der Waals surface area (Å²) < 4.78 is 9.47. The van der Waals surface area contributed by atoms with Crippen LogP contribution in [0, 0.1) is 0 Å². The first-order valence-corrected chi connectivity index (χ1v) is 5.31. The maximum absolute atomic E-state index is 11.0. The first kappa shape index (κ1) is 13.2. The van der Waals surface area contributed by atoms with E-state index in [0.29, 0.717) is 12.3 Å². The minimum Gasteiger partial charge on any atom is -0.425 e. The lowest BCUT2D eigenvalue weighted by molar-refractivity contribution is -0.163. The lowest BCUT2D eigenvalue weighted by Gasteiger charge is -2.12. The van der Waals surface area contributed by atoms with Gasteiger partial charge < -0.3 is 15.2 Å². The summed E-state index contributed by atoms with van der Waals surface area (Å²) in [7, 11) is 0. The second-order valence-corrected chi connectivity index (χ2v) is 3.45. The van der Waals surface area contributed by atoms with Crippen molar-refractivity contribution in [3.8, 4) is 0 Å². The Morgan fingerprint density at radius 2 is 2.07 bits per heavy atom. The highest BCUT2D eigenvalue weighted by molar-refractivity contribution is 8.13. The topological polar surface area (TPSA) is 78.6 Å². The quantitative estimate of drug-likeness (QED) is 0.553. The molecule has 0 rings (SSSR count). The van der Waals surface area contributed by atoms with Crippen LogP contribution in [0.3, 0.4) is 0 Å². The standard InChI is InChI=1S/C8H15NO4S/c1-3-7(10)12-6(2)13-8(11)14-5-4-9/h6H,3-5,9H2,1-2H3/t6-/m1/s1. The Kier molecular flexibility index (Phi) is 7.23. The highest BCUT2D eigenvalue weighted by atomic mass is 32.2. The highest BCUT2D eigenvalue weighted by Crippen LogP contribution is 2.07. The average Bonchev–Trinajstić information content (AvgIpc) is 2.14. The van der Waals surface area contributed by atoms with Crippen molar-refractivity contribution in [3.63, 3.8) is 0 Å². The molecule has 0 aromatic heterocycles. The molecule has 82 valence electrons. The normalized spacial score (nSPS) is 11.9. The Hall–Kier alpha value is -0.750. The summed E-state index contributed by atoms with van der Waals surface area (Å²) in [5, 5.41) is -0.480. The van der Waals surface area contributed by atoms with Crippen LogP contribution < -0.4 is 5.73 Å². The van der Waals surface area contributed by atoms with E-state index in [2.05, 4.69) is 0 Å². The van der Waals surface area contributed by atoms with E-state index in [1.54, 1.807) is 6.92 Å². The van der Waals surface area contributed by atoms with Gasteiger partial charge in [0.1, 0.15) is 0 Å². The predicted octanol–water partition coefficient (Wildman–Crippen LogP) is 1.11. The molecule has 0 unspecified atom stereocenters. The van der Waals surface area contributed by atoms with E-state index >= 15 is 0 Å². The maximum atomic E-state index is 11.0. The van der Waals surface area contributed by atoms with Gasteiger partial charge in [-0.2, -0.15) is 0 Å². The summed E-state index contributed by atoms with van der Waals surface area (Å²) in [5.41, 5.74) is 5.20. The third-order valence-electron chi connectivity index (χ3n) is 1.19. The Labute approximate surface area is 87.3 Å². The van der Waals surface area contributed by atoms with Gasteiger partial charge in [-0.05, 0) is 11.8 Å². The number of hydrogen-bond acceptors (Lipinski definition) is 6.